The van der Waals surface area contributed by atoms with Crippen LogP contribution in [0.5, 0.6) is 0 Å². The molecule has 1 saturated heterocycles. The first-order chi connectivity index (χ1) is 16.6. The zero-order valence-electron chi connectivity index (χ0n) is 19.2. The SMILES string of the molecule is O=C(NCC(=O)N1CC[C@H](NC2CCC(O)(c3cccnc3)CC2)C1)c1cccc(C(F)(F)F)c1. The number of carbonyl (C=O) groups excluding carboxylic acids is 2. The topological polar surface area (TPSA) is 94.6 Å². The number of hydrogen-bond donors (Lipinski definition) is 3. The zero-order valence-corrected chi connectivity index (χ0v) is 19.2. The smallest absolute Gasteiger partial charge is 0.385 e. The molecule has 1 atom stereocenters. The van der Waals surface area contributed by atoms with E-state index in [0.717, 1.165) is 37.0 Å². The van der Waals surface area contributed by atoms with Gasteiger partial charge in [0.2, 0.25) is 5.91 Å². The van der Waals surface area contributed by atoms with Crippen molar-refractivity contribution in [3.63, 3.8) is 0 Å². The Kier molecular flexibility index (Phi) is 7.42. The number of halogens is 3. The molecule has 3 N–H and O–H groups in total. The normalized spacial score (nSPS) is 24.9. The van der Waals surface area contributed by atoms with Crippen LogP contribution in [0.1, 0.15) is 53.6 Å². The van der Waals surface area contributed by atoms with Crippen molar-refractivity contribution in [2.75, 3.05) is 19.6 Å². The molecule has 2 heterocycles. The molecule has 2 amide bonds. The van der Waals surface area contributed by atoms with Gasteiger partial charge in [-0.1, -0.05) is 12.1 Å². The number of benzene rings is 1. The van der Waals surface area contributed by atoms with Gasteiger partial charge in [0, 0.05) is 48.7 Å². The molecule has 7 nitrogen and oxygen atoms in total. The van der Waals surface area contributed by atoms with Crippen LogP contribution in [0.2, 0.25) is 0 Å². The summed E-state index contributed by atoms with van der Waals surface area (Å²) in [4.78, 5) is 30.5. The van der Waals surface area contributed by atoms with Crippen molar-refractivity contribution in [1.29, 1.82) is 0 Å². The van der Waals surface area contributed by atoms with Crippen molar-refractivity contribution in [3.05, 3.63) is 65.5 Å². The molecule has 1 saturated carbocycles. The van der Waals surface area contributed by atoms with Crippen molar-refractivity contribution >= 4 is 11.8 Å². The molecule has 10 heteroatoms. The first-order valence-electron chi connectivity index (χ1n) is 11.8. The second-order valence-corrected chi connectivity index (χ2v) is 9.30. The van der Waals surface area contributed by atoms with E-state index in [1.807, 2.05) is 12.1 Å². The Morgan fingerprint density at radius 2 is 1.89 bits per heavy atom. The van der Waals surface area contributed by atoms with Gasteiger partial charge < -0.3 is 20.6 Å². The van der Waals surface area contributed by atoms with Crippen molar-refractivity contribution in [2.45, 2.75) is 56.0 Å². The van der Waals surface area contributed by atoms with E-state index in [4.69, 9.17) is 0 Å². The van der Waals surface area contributed by atoms with E-state index in [0.29, 0.717) is 25.9 Å². The summed E-state index contributed by atoms with van der Waals surface area (Å²) in [6, 6.07) is 8.20. The van der Waals surface area contributed by atoms with E-state index in [-0.39, 0.29) is 30.1 Å². The van der Waals surface area contributed by atoms with E-state index in [2.05, 4.69) is 15.6 Å². The van der Waals surface area contributed by atoms with Gasteiger partial charge in [0.25, 0.3) is 5.91 Å². The van der Waals surface area contributed by atoms with Crippen LogP contribution in [0.25, 0.3) is 0 Å². The van der Waals surface area contributed by atoms with E-state index < -0.39 is 23.2 Å². The molecule has 4 rings (SSSR count). The number of aliphatic hydroxyl groups is 1. The van der Waals surface area contributed by atoms with Crippen molar-refractivity contribution < 1.29 is 27.9 Å². The number of likely N-dealkylation sites (tertiary alicyclic amines) is 1. The first-order valence-corrected chi connectivity index (χ1v) is 11.8. The number of alkyl halides is 3. The predicted molar refractivity (Wildman–Crippen MR) is 122 cm³/mol. The van der Waals surface area contributed by atoms with Crippen LogP contribution in [0.15, 0.2) is 48.8 Å². The summed E-state index contributed by atoms with van der Waals surface area (Å²) in [5.41, 5.74) is -1.07. The lowest BCUT2D eigenvalue weighted by Gasteiger charge is -2.37. The third kappa shape index (κ3) is 6.18. The molecule has 1 aliphatic carbocycles. The lowest BCUT2D eigenvalue weighted by molar-refractivity contribution is -0.137. The number of aromatic nitrogens is 1. The summed E-state index contributed by atoms with van der Waals surface area (Å²) in [5, 5.41) is 17.0. The van der Waals surface area contributed by atoms with E-state index in [1.165, 1.54) is 12.1 Å². The molecule has 2 aromatic rings. The van der Waals surface area contributed by atoms with Gasteiger partial charge in [-0.25, -0.2) is 0 Å². The Balaban J connectivity index is 1.21. The molecule has 35 heavy (non-hydrogen) atoms. The second-order valence-electron chi connectivity index (χ2n) is 9.30. The number of nitrogens with zero attached hydrogens (tertiary/aromatic N) is 2. The van der Waals surface area contributed by atoms with Gasteiger partial charge in [-0.3, -0.25) is 14.6 Å². The van der Waals surface area contributed by atoms with Crippen LogP contribution in [0, 0.1) is 0 Å². The highest BCUT2D eigenvalue weighted by molar-refractivity contribution is 5.96. The summed E-state index contributed by atoms with van der Waals surface area (Å²) < 4.78 is 38.6. The van der Waals surface area contributed by atoms with Gasteiger partial charge in [0.15, 0.2) is 0 Å². The second kappa shape index (κ2) is 10.3. The molecule has 1 aromatic heterocycles. The minimum absolute atomic E-state index is 0.118. The molecule has 1 aromatic carbocycles. The fraction of sp³-hybridized carbons (Fsp3) is 0.480. The van der Waals surface area contributed by atoms with Gasteiger partial charge in [-0.05, 0) is 56.4 Å². The van der Waals surface area contributed by atoms with E-state index >= 15 is 0 Å². The van der Waals surface area contributed by atoms with Gasteiger partial charge in [0.05, 0.1) is 17.7 Å². The monoisotopic (exact) mass is 490 g/mol. The van der Waals surface area contributed by atoms with Crippen LogP contribution in [0.3, 0.4) is 0 Å². The standard InChI is InChI=1S/C25H29F3N4O3/c26-25(27,28)18-4-1-3-17(13-18)23(34)30-15-22(33)32-12-8-21(16-32)31-20-6-9-24(35,10-7-20)19-5-2-11-29-14-19/h1-5,11,13-14,20-21,31,35H,6-10,12,15-16H2,(H,30,34)/t20?,21-,24?/m0/s1. The van der Waals surface area contributed by atoms with Crippen molar-refractivity contribution in [2.24, 2.45) is 0 Å². The summed E-state index contributed by atoms with van der Waals surface area (Å²) >= 11 is 0. The average molecular weight is 491 g/mol. The molecule has 0 spiro atoms. The fourth-order valence-electron chi connectivity index (χ4n) is 4.85. The summed E-state index contributed by atoms with van der Waals surface area (Å²) in [5.74, 6) is -0.995. The highest BCUT2D eigenvalue weighted by Gasteiger charge is 2.36. The molecule has 0 unspecified atom stereocenters. The maximum Gasteiger partial charge on any atom is 0.416 e. The molecule has 0 radical (unpaired) electrons. The molecule has 188 valence electrons. The number of nitrogens with one attached hydrogen (secondary N) is 2. The molecule has 2 fully saturated rings. The Morgan fingerprint density at radius 1 is 1.11 bits per heavy atom. The lowest BCUT2D eigenvalue weighted by Crippen LogP contribution is -2.46. The maximum absolute atomic E-state index is 12.9. The third-order valence-corrected chi connectivity index (χ3v) is 6.88. The van der Waals surface area contributed by atoms with E-state index in [9.17, 15) is 27.9 Å². The fourth-order valence-corrected chi connectivity index (χ4v) is 4.85. The summed E-state index contributed by atoms with van der Waals surface area (Å²) in [7, 11) is 0. The van der Waals surface area contributed by atoms with Crippen molar-refractivity contribution in [3.8, 4) is 0 Å². The average Bonchev–Trinajstić information content (AvgIpc) is 3.32. The van der Waals surface area contributed by atoms with E-state index in [1.54, 1.807) is 17.3 Å². The van der Waals surface area contributed by atoms with Crippen molar-refractivity contribution in [1.82, 2.24) is 20.5 Å². The van der Waals surface area contributed by atoms with Gasteiger partial charge in [-0.2, -0.15) is 13.2 Å². The first kappa shape index (κ1) is 25.1. The third-order valence-electron chi connectivity index (χ3n) is 6.88. The maximum atomic E-state index is 12.9. The number of pyridine rings is 1. The molecular weight excluding hydrogens is 461 g/mol. The largest absolute Gasteiger partial charge is 0.416 e. The minimum atomic E-state index is -4.54. The summed E-state index contributed by atoms with van der Waals surface area (Å²) in [6.45, 7) is 0.771. The van der Waals surface area contributed by atoms with Crippen LogP contribution < -0.4 is 10.6 Å². The van der Waals surface area contributed by atoms with Crippen LogP contribution in [-0.4, -0.2) is 58.5 Å². The molecule has 1 aliphatic heterocycles. The van der Waals surface area contributed by atoms with Gasteiger partial charge in [-0.15, -0.1) is 0 Å². The highest BCUT2D eigenvalue weighted by Crippen LogP contribution is 2.37. The number of rotatable bonds is 6. The summed E-state index contributed by atoms with van der Waals surface area (Å²) in [6.07, 6.45) is 2.51. The molecule has 0 bridgehead atoms. The number of amides is 2. The van der Waals surface area contributed by atoms with Crippen LogP contribution >= 0.6 is 0 Å². The lowest BCUT2D eigenvalue weighted by atomic mass is 9.78. The molecule has 2 aliphatic rings. The Bertz CT molecular complexity index is 1040. The Hall–Kier alpha value is -2.98. The molecular formula is C25H29F3N4O3. The quantitative estimate of drug-likeness (QED) is 0.579. The zero-order chi connectivity index (χ0) is 25.1. The van der Waals surface area contributed by atoms with Crippen LogP contribution in [0.4, 0.5) is 13.2 Å². The van der Waals surface area contributed by atoms with Crippen LogP contribution in [-0.2, 0) is 16.6 Å². The number of carbonyl (C=O) groups is 2. The highest BCUT2D eigenvalue weighted by atomic mass is 19.4. The van der Waals surface area contributed by atoms with Gasteiger partial charge >= 0.3 is 6.18 Å². The van der Waals surface area contributed by atoms with Gasteiger partial charge in [0.1, 0.15) is 0 Å². The number of hydrogen-bond acceptors (Lipinski definition) is 5. The predicted octanol–water partition coefficient (Wildman–Crippen LogP) is 2.85. The minimum Gasteiger partial charge on any atom is -0.385 e. The Morgan fingerprint density at radius 3 is 2.57 bits per heavy atom. The Labute approximate surface area is 201 Å².